The van der Waals surface area contributed by atoms with Crippen molar-refractivity contribution in [3.8, 4) is 5.75 Å². The molecular formula is C10H11FO. The lowest BCUT2D eigenvalue weighted by molar-refractivity contribution is 0.297. The molecule has 1 aromatic rings. The van der Waals surface area contributed by atoms with Crippen LogP contribution in [0.25, 0.3) is 0 Å². The van der Waals surface area contributed by atoms with Crippen molar-refractivity contribution in [2.75, 3.05) is 0 Å². The number of hydrogen-bond donors (Lipinski definition) is 1. The molecule has 0 fully saturated rings. The zero-order valence-corrected chi connectivity index (χ0v) is 6.76. The van der Waals surface area contributed by atoms with E-state index in [0.29, 0.717) is 12.8 Å². The van der Waals surface area contributed by atoms with Gasteiger partial charge in [-0.15, -0.1) is 0 Å². The number of rotatable bonds is 0. The normalized spacial score (nSPS) is 21.9. The van der Waals surface area contributed by atoms with Crippen molar-refractivity contribution in [3.63, 3.8) is 0 Å². The van der Waals surface area contributed by atoms with E-state index >= 15 is 0 Å². The van der Waals surface area contributed by atoms with Gasteiger partial charge in [-0.2, -0.15) is 0 Å². The fourth-order valence-corrected chi connectivity index (χ4v) is 1.73. The summed E-state index contributed by atoms with van der Waals surface area (Å²) in [6.07, 6.45) is 0.953. The Morgan fingerprint density at radius 3 is 3.08 bits per heavy atom. The fraction of sp³-hybridized carbons (Fsp3) is 0.400. The molecule has 0 aliphatic heterocycles. The van der Waals surface area contributed by atoms with Crippen LogP contribution in [0.2, 0.25) is 0 Å². The number of halogens is 1. The van der Waals surface area contributed by atoms with E-state index in [1.54, 1.807) is 6.07 Å². The number of benzene rings is 1. The standard InChI is InChI=1S/C10H11FO/c11-8-5-4-7-2-1-3-10(12)9(7)6-8/h1-3,8,12H,4-6H2. The zero-order chi connectivity index (χ0) is 8.55. The number of aromatic hydroxyl groups is 1. The summed E-state index contributed by atoms with van der Waals surface area (Å²) in [7, 11) is 0. The minimum absolute atomic E-state index is 0.245. The highest BCUT2D eigenvalue weighted by atomic mass is 19.1. The molecule has 0 radical (unpaired) electrons. The number of fused-ring (bicyclic) bond motifs is 1. The Morgan fingerprint density at radius 2 is 2.25 bits per heavy atom. The Bertz CT molecular complexity index is 296. The number of phenols is 1. The van der Waals surface area contributed by atoms with Crippen LogP contribution in [-0.2, 0) is 12.8 Å². The molecule has 1 aliphatic rings. The second-order valence-electron chi connectivity index (χ2n) is 3.25. The van der Waals surface area contributed by atoms with Crippen molar-refractivity contribution >= 4 is 0 Å². The molecule has 1 N–H and O–H groups in total. The largest absolute Gasteiger partial charge is 0.508 e. The number of phenolic OH excluding ortho intramolecular Hbond substituents is 1. The van der Waals surface area contributed by atoms with Crippen molar-refractivity contribution in [2.24, 2.45) is 0 Å². The summed E-state index contributed by atoms with van der Waals surface area (Å²) in [6, 6.07) is 5.39. The highest BCUT2D eigenvalue weighted by Crippen LogP contribution is 2.29. The van der Waals surface area contributed by atoms with E-state index < -0.39 is 6.17 Å². The molecular weight excluding hydrogens is 155 g/mol. The van der Waals surface area contributed by atoms with Gasteiger partial charge in [-0.05, 0) is 30.0 Å². The Hall–Kier alpha value is -1.05. The molecule has 2 rings (SSSR count). The SMILES string of the molecule is Oc1cccc2c1CC(F)CC2. The van der Waals surface area contributed by atoms with Gasteiger partial charge in [0.25, 0.3) is 0 Å². The van der Waals surface area contributed by atoms with Crippen LogP contribution in [0.15, 0.2) is 18.2 Å². The predicted octanol–water partition coefficient (Wildman–Crippen LogP) is 2.22. The Labute approximate surface area is 70.8 Å². The van der Waals surface area contributed by atoms with E-state index in [-0.39, 0.29) is 5.75 Å². The Balaban J connectivity index is 2.43. The summed E-state index contributed by atoms with van der Waals surface area (Å²) < 4.78 is 12.9. The molecule has 64 valence electrons. The minimum Gasteiger partial charge on any atom is -0.508 e. The second kappa shape index (κ2) is 2.77. The van der Waals surface area contributed by atoms with Gasteiger partial charge in [0, 0.05) is 6.42 Å². The second-order valence-corrected chi connectivity index (χ2v) is 3.25. The average molecular weight is 166 g/mol. The van der Waals surface area contributed by atoms with Crippen molar-refractivity contribution in [1.29, 1.82) is 0 Å². The molecule has 2 heteroatoms. The third-order valence-corrected chi connectivity index (χ3v) is 2.40. The lowest BCUT2D eigenvalue weighted by Crippen LogP contribution is -2.14. The fourth-order valence-electron chi connectivity index (χ4n) is 1.73. The average Bonchev–Trinajstić information content (AvgIpc) is 2.07. The molecule has 1 aromatic carbocycles. The van der Waals surface area contributed by atoms with Gasteiger partial charge < -0.3 is 5.11 Å². The Morgan fingerprint density at radius 1 is 1.42 bits per heavy atom. The van der Waals surface area contributed by atoms with Crippen LogP contribution >= 0.6 is 0 Å². The molecule has 1 aliphatic carbocycles. The Kier molecular flexibility index (Phi) is 1.75. The van der Waals surface area contributed by atoms with Crippen molar-refractivity contribution in [2.45, 2.75) is 25.4 Å². The number of alkyl halides is 1. The van der Waals surface area contributed by atoms with Crippen molar-refractivity contribution < 1.29 is 9.50 Å². The van der Waals surface area contributed by atoms with Gasteiger partial charge in [0.2, 0.25) is 0 Å². The molecule has 0 aromatic heterocycles. The van der Waals surface area contributed by atoms with E-state index in [9.17, 15) is 9.50 Å². The maximum absolute atomic E-state index is 12.9. The highest BCUT2D eigenvalue weighted by Gasteiger charge is 2.19. The van der Waals surface area contributed by atoms with Crippen LogP contribution in [0, 0.1) is 0 Å². The van der Waals surface area contributed by atoms with Gasteiger partial charge in [-0.3, -0.25) is 0 Å². The van der Waals surface area contributed by atoms with Crippen LogP contribution in [0.5, 0.6) is 5.75 Å². The number of hydrogen-bond acceptors (Lipinski definition) is 1. The summed E-state index contributed by atoms with van der Waals surface area (Å²) >= 11 is 0. The van der Waals surface area contributed by atoms with E-state index in [0.717, 1.165) is 17.5 Å². The van der Waals surface area contributed by atoms with Gasteiger partial charge in [0.05, 0.1) is 0 Å². The summed E-state index contributed by atoms with van der Waals surface area (Å²) in [5, 5.41) is 9.41. The zero-order valence-electron chi connectivity index (χ0n) is 6.76. The topological polar surface area (TPSA) is 20.2 Å². The molecule has 1 unspecified atom stereocenters. The smallest absolute Gasteiger partial charge is 0.119 e. The monoisotopic (exact) mass is 166 g/mol. The quantitative estimate of drug-likeness (QED) is 0.626. The lowest BCUT2D eigenvalue weighted by Gasteiger charge is -2.19. The summed E-state index contributed by atoms with van der Waals surface area (Å²) in [4.78, 5) is 0. The first-order valence-electron chi connectivity index (χ1n) is 4.21. The third-order valence-electron chi connectivity index (χ3n) is 2.40. The molecule has 12 heavy (non-hydrogen) atoms. The number of aryl methyl sites for hydroxylation is 1. The first-order chi connectivity index (χ1) is 5.77. The van der Waals surface area contributed by atoms with Crippen LogP contribution in [0.3, 0.4) is 0 Å². The molecule has 0 heterocycles. The summed E-state index contributed by atoms with van der Waals surface area (Å²) in [5.41, 5.74) is 1.90. The van der Waals surface area contributed by atoms with Crippen LogP contribution in [-0.4, -0.2) is 11.3 Å². The van der Waals surface area contributed by atoms with Crippen LogP contribution < -0.4 is 0 Å². The van der Waals surface area contributed by atoms with E-state index in [1.165, 1.54) is 0 Å². The molecule has 1 atom stereocenters. The molecule has 0 amide bonds. The first kappa shape index (κ1) is 7.59. The van der Waals surface area contributed by atoms with Gasteiger partial charge in [-0.25, -0.2) is 4.39 Å². The van der Waals surface area contributed by atoms with Crippen molar-refractivity contribution in [3.05, 3.63) is 29.3 Å². The molecule has 0 spiro atoms. The van der Waals surface area contributed by atoms with Gasteiger partial charge >= 0.3 is 0 Å². The maximum Gasteiger partial charge on any atom is 0.119 e. The third kappa shape index (κ3) is 1.17. The minimum atomic E-state index is -0.772. The molecule has 0 bridgehead atoms. The molecule has 1 nitrogen and oxygen atoms in total. The summed E-state index contributed by atoms with van der Waals surface area (Å²) in [6.45, 7) is 0. The summed E-state index contributed by atoms with van der Waals surface area (Å²) in [5.74, 6) is 0.245. The lowest BCUT2D eigenvalue weighted by atomic mass is 9.90. The van der Waals surface area contributed by atoms with Crippen LogP contribution in [0.1, 0.15) is 17.5 Å². The van der Waals surface area contributed by atoms with Crippen molar-refractivity contribution in [1.82, 2.24) is 0 Å². The molecule has 0 saturated carbocycles. The van der Waals surface area contributed by atoms with Crippen LogP contribution in [0.4, 0.5) is 4.39 Å². The van der Waals surface area contributed by atoms with E-state index in [2.05, 4.69) is 0 Å². The maximum atomic E-state index is 12.9. The van der Waals surface area contributed by atoms with Gasteiger partial charge in [0.1, 0.15) is 11.9 Å². The highest BCUT2D eigenvalue weighted by molar-refractivity contribution is 5.41. The van der Waals surface area contributed by atoms with Gasteiger partial charge in [-0.1, -0.05) is 12.1 Å². The van der Waals surface area contributed by atoms with E-state index in [1.807, 2.05) is 12.1 Å². The van der Waals surface area contributed by atoms with E-state index in [4.69, 9.17) is 0 Å². The first-order valence-corrected chi connectivity index (χ1v) is 4.21. The predicted molar refractivity (Wildman–Crippen MR) is 45.0 cm³/mol. The van der Waals surface area contributed by atoms with Gasteiger partial charge in [0.15, 0.2) is 0 Å². The molecule has 0 saturated heterocycles.